The Balaban J connectivity index is 1.85. The van der Waals surface area contributed by atoms with Gasteiger partial charge >= 0.3 is 0 Å². The summed E-state index contributed by atoms with van der Waals surface area (Å²) in [6, 6.07) is 27.4. The molecule has 0 bridgehead atoms. The molecule has 0 saturated heterocycles. The lowest BCUT2D eigenvalue weighted by Gasteiger charge is -2.31. The molecule has 0 aliphatic rings. The summed E-state index contributed by atoms with van der Waals surface area (Å²) in [6.45, 7) is 5.16. The van der Waals surface area contributed by atoms with E-state index in [1.165, 1.54) is 17.3 Å². The van der Waals surface area contributed by atoms with E-state index in [-0.39, 0.29) is 17.6 Å². The first-order chi connectivity index (χ1) is 16.6. The van der Waals surface area contributed by atoms with E-state index >= 15 is 0 Å². The summed E-state index contributed by atoms with van der Waals surface area (Å²) in [6.07, 6.45) is 2.40. The predicted octanol–water partition coefficient (Wildman–Crippen LogP) is 5.64. The van der Waals surface area contributed by atoms with Crippen molar-refractivity contribution in [1.82, 2.24) is 10.2 Å². The van der Waals surface area contributed by atoms with Crippen molar-refractivity contribution in [2.24, 2.45) is 0 Å². The molecule has 0 radical (unpaired) electrons. The molecule has 0 aliphatic heterocycles. The average molecular weight is 475 g/mol. The van der Waals surface area contributed by atoms with Crippen LogP contribution >= 0.6 is 11.8 Å². The van der Waals surface area contributed by atoms with Gasteiger partial charge in [0, 0.05) is 24.4 Å². The Bertz CT molecular complexity index is 1020. The second kappa shape index (κ2) is 13.6. The van der Waals surface area contributed by atoms with Gasteiger partial charge in [-0.05, 0) is 36.6 Å². The van der Waals surface area contributed by atoms with Crippen LogP contribution in [0.1, 0.15) is 36.5 Å². The molecule has 3 aromatic rings. The number of hydrogen-bond acceptors (Lipinski definition) is 3. The number of thioether (sulfide) groups is 1. The van der Waals surface area contributed by atoms with Gasteiger partial charge in [0.1, 0.15) is 6.04 Å². The molecular formula is C29H34N2O2S. The summed E-state index contributed by atoms with van der Waals surface area (Å²) in [5.74, 6) is 0.145. The van der Waals surface area contributed by atoms with Crippen LogP contribution in [-0.4, -0.2) is 35.1 Å². The molecular weight excluding hydrogens is 440 g/mol. The molecule has 2 amide bonds. The molecule has 0 saturated carbocycles. The number of aryl methyl sites for hydroxylation is 1. The first kappa shape index (κ1) is 25.6. The van der Waals surface area contributed by atoms with Crippen molar-refractivity contribution in [1.29, 1.82) is 0 Å². The van der Waals surface area contributed by atoms with Crippen LogP contribution in [0.5, 0.6) is 0 Å². The van der Waals surface area contributed by atoms with E-state index in [0.717, 1.165) is 28.9 Å². The summed E-state index contributed by atoms with van der Waals surface area (Å²) in [7, 11) is 0. The van der Waals surface area contributed by atoms with E-state index in [2.05, 4.69) is 12.2 Å². The molecule has 3 rings (SSSR count). The molecule has 0 aromatic heterocycles. The summed E-state index contributed by atoms with van der Waals surface area (Å²) in [4.78, 5) is 29.7. The van der Waals surface area contributed by atoms with Gasteiger partial charge in [0.05, 0.1) is 5.75 Å². The summed E-state index contributed by atoms with van der Waals surface area (Å²) in [5, 5.41) is 3.07. The second-order valence-corrected chi connectivity index (χ2v) is 9.51. The molecule has 5 heteroatoms. The SMILES string of the molecule is CCCCNC(=O)[C@H](Cc1ccccc1)N(Cc1ccccc1)C(=O)CSc1ccc(C)cc1. The molecule has 1 atom stereocenters. The quantitative estimate of drug-likeness (QED) is 0.273. The molecule has 178 valence electrons. The van der Waals surface area contributed by atoms with Gasteiger partial charge in [-0.3, -0.25) is 9.59 Å². The Morgan fingerprint density at radius 3 is 2.12 bits per heavy atom. The van der Waals surface area contributed by atoms with Crippen molar-refractivity contribution >= 4 is 23.6 Å². The van der Waals surface area contributed by atoms with Gasteiger partial charge < -0.3 is 10.2 Å². The van der Waals surface area contributed by atoms with Gasteiger partial charge in [-0.15, -0.1) is 11.8 Å². The topological polar surface area (TPSA) is 49.4 Å². The molecule has 0 fully saturated rings. The summed E-state index contributed by atoms with van der Waals surface area (Å²) < 4.78 is 0. The normalized spacial score (nSPS) is 11.6. The minimum absolute atomic E-state index is 0.0407. The molecule has 34 heavy (non-hydrogen) atoms. The number of nitrogens with one attached hydrogen (secondary N) is 1. The summed E-state index contributed by atoms with van der Waals surface area (Å²) in [5.41, 5.74) is 3.24. The van der Waals surface area contributed by atoms with Gasteiger partial charge in [-0.25, -0.2) is 0 Å². The number of carbonyl (C=O) groups excluding carboxylic acids is 2. The minimum Gasteiger partial charge on any atom is -0.354 e. The van der Waals surface area contributed by atoms with Gasteiger partial charge in [0.2, 0.25) is 11.8 Å². The van der Waals surface area contributed by atoms with E-state index in [0.29, 0.717) is 19.5 Å². The van der Waals surface area contributed by atoms with E-state index in [9.17, 15) is 9.59 Å². The number of carbonyl (C=O) groups is 2. The molecule has 0 heterocycles. The van der Waals surface area contributed by atoms with Crippen LogP contribution in [0.2, 0.25) is 0 Å². The van der Waals surface area contributed by atoms with Crippen LogP contribution in [0.25, 0.3) is 0 Å². The number of benzene rings is 3. The third kappa shape index (κ3) is 8.07. The van der Waals surface area contributed by atoms with Crippen molar-refractivity contribution < 1.29 is 9.59 Å². The zero-order valence-corrected chi connectivity index (χ0v) is 20.9. The van der Waals surface area contributed by atoms with Crippen LogP contribution in [0.3, 0.4) is 0 Å². The molecule has 4 nitrogen and oxygen atoms in total. The third-order valence-electron chi connectivity index (χ3n) is 5.68. The number of rotatable bonds is 12. The highest BCUT2D eigenvalue weighted by atomic mass is 32.2. The largest absolute Gasteiger partial charge is 0.354 e. The lowest BCUT2D eigenvalue weighted by Crippen LogP contribution is -2.51. The maximum Gasteiger partial charge on any atom is 0.243 e. The zero-order chi connectivity index (χ0) is 24.2. The Morgan fingerprint density at radius 2 is 1.50 bits per heavy atom. The van der Waals surface area contributed by atoms with E-state index in [4.69, 9.17) is 0 Å². The highest BCUT2D eigenvalue weighted by molar-refractivity contribution is 8.00. The van der Waals surface area contributed by atoms with Gasteiger partial charge in [-0.2, -0.15) is 0 Å². The van der Waals surface area contributed by atoms with Crippen LogP contribution < -0.4 is 5.32 Å². The van der Waals surface area contributed by atoms with E-state index in [1.807, 2.05) is 91.9 Å². The molecule has 0 spiro atoms. The molecule has 3 aromatic carbocycles. The minimum atomic E-state index is -0.578. The Kier molecular flexibility index (Phi) is 10.2. The fourth-order valence-electron chi connectivity index (χ4n) is 3.70. The van der Waals surface area contributed by atoms with E-state index in [1.54, 1.807) is 4.90 Å². The Labute approximate surface area is 207 Å². The first-order valence-electron chi connectivity index (χ1n) is 11.9. The smallest absolute Gasteiger partial charge is 0.243 e. The van der Waals surface area contributed by atoms with Crippen LogP contribution in [0, 0.1) is 6.92 Å². The van der Waals surface area contributed by atoms with Crippen molar-refractivity contribution in [2.75, 3.05) is 12.3 Å². The lowest BCUT2D eigenvalue weighted by molar-refractivity contribution is -0.139. The van der Waals surface area contributed by atoms with Crippen LogP contribution in [-0.2, 0) is 22.6 Å². The maximum atomic E-state index is 13.6. The highest BCUT2D eigenvalue weighted by Gasteiger charge is 2.30. The van der Waals surface area contributed by atoms with Crippen LogP contribution in [0.15, 0.2) is 89.8 Å². The van der Waals surface area contributed by atoms with Crippen molar-refractivity contribution in [3.63, 3.8) is 0 Å². The molecule has 0 aliphatic carbocycles. The highest BCUT2D eigenvalue weighted by Crippen LogP contribution is 2.21. The number of unbranched alkanes of at least 4 members (excludes halogenated alkanes) is 1. The van der Waals surface area contributed by atoms with Crippen LogP contribution in [0.4, 0.5) is 0 Å². The van der Waals surface area contributed by atoms with E-state index < -0.39 is 6.04 Å². The monoisotopic (exact) mass is 474 g/mol. The standard InChI is InChI=1S/C29H34N2O2S/c1-3-4-19-30-29(33)27(20-24-11-7-5-8-12-24)31(21-25-13-9-6-10-14-25)28(32)22-34-26-17-15-23(2)16-18-26/h5-18,27H,3-4,19-22H2,1-2H3,(H,30,33)/t27-/m0/s1. The summed E-state index contributed by atoms with van der Waals surface area (Å²) >= 11 is 1.51. The lowest BCUT2D eigenvalue weighted by atomic mass is 10.0. The Hall–Kier alpha value is -3.05. The van der Waals surface area contributed by atoms with Crippen molar-refractivity contribution in [2.45, 2.75) is 50.6 Å². The average Bonchev–Trinajstić information content (AvgIpc) is 2.87. The zero-order valence-electron chi connectivity index (χ0n) is 20.1. The fraction of sp³-hybridized carbons (Fsp3) is 0.310. The third-order valence-corrected chi connectivity index (χ3v) is 6.68. The van der Waals surface area contributed by atoms with Crippen molar-refractivity contribution in [3.8, 4) is 0 Å². The second-order valence-electron chi connectivity index (χ2n) is 8.46. The molecule has 1 N–H and O–H groups in total. The van der Waals surface area contributed by atoms with Gasteiger partial charge in [0.25, 0.3) is 0 Å². The fourth-order valence-corrected chi connectivity index (χ4v) is 4.49. The number of hydrogen-bond donors (Lipinski definition) is 1. The predicted molar refractivity (Wildman–Crippen MR) is 141 cm³/mol. The number of nitrogens with zero attached hydrogens (tertiary/aromatic N) is 1. The Morgan fingerprint density at radius 1 is 0.882 bits per heavy atom. The maximum absolute atomic E-state index is 13.6. The van der Waals surface area contributed by atoms with Gasteiger partial charge in [-0.1, -0.05) is 91.7 Å². The molecule has 0 unspecified atom stereocenters. The first-order valence-corrected chi connectivity index (χ1v) is 12.9. The number of amides is 2. The van der Waals surface area contributed by atoms with Crippen molar-refractivity contribution in [3.05, 3.63) is 102 Å². The van der Waals surface area contributed by atoms with Gasteiger partial charge in [0.15, 0.2) is 0 Å².